The Labute approximate surface area is 119 Å². The molecule has 0 aromatic rings. The second-order valence-corrected chi connectivity index (χ2v) is 5.09. The summed E-state index contributed by atoms with van der Waals surface area (Å²) < 4.78 is 0. The van der Waals surface area contributed by atoms with Crippen molar-refractivity contribution in [1.82, 2.24) is 10.2 Å². The van der Waals surface area contributed by atoms with Crippen LogP contribution in [0.1, 0.15) is 32.6 Å². The number of hydrogen-bond acceptors (Lipinski definition) is 3. The average Bonchev–Trinajstić information content (AvgIpc) is 2.44. The number of nitrogens with zero attached hydrogens (tertiary/aromatic N) is 1. The third kappa shape index (κ3) is 4.68. The van der Waals surface area contributed by atoms with E-state index in [1.807, 2.05) is 0 Å². The normalized spacial score (nSPS) is 21.9. The zero-order valence-electron chi connectivity index (χ0n) is 11.9. The maximum Gasteiger partial charge on any atom is 0.246 e. The minimum Gasteiger partial charge on any atom is -0.369 e. The molecule has 0 unspecified atom stereocenters. The summed E-state index contributed by atoms with van der Waals surface area (Å²) in [6.07, 6.45) is 4.29. The van der Waals surface area contributed by atoms with Crippen LogP contribution in [0.5, 0.6) is 0 Å². The van der Waals surface area contributed by atoms with Crippen LogP contribution in [0.2, 0.25) is 0 Å². The van der Waals surface area contributed by atoms with Crippen LogP contribution in [0, 0.1) is 5.92 Å². The lowest BCUT2D eigenvalue weighted by molar-refractivity contribution is -0.132. The lowest BCUT2D eigenvalue weighted by Crippen LogP contribution is -2.46. The lowest BCUT2D eigenvalue weighted by Gasteiger charge is -2.28. The lowest BCUT2D eigenvalue weighted by atomic mass is 9.85. The average molecular weight is 281 g/mol. The van der Waals surface area contributed by atoms with Crippen molar-refractivity contribution in [2.24, 2.45) is 11.7 Å². The number of likely N-dealkylation sites (N-methyl/N-ethyl adjacent to an activating group) is 1. The van der Waals surface area contributed by atoms with Gasteiger partial charge in [-0.05, 0) is 32.3 Å². The molecule has 6 nitrogen and oxygen atoms in total. The van der Waals surface area contributed by atoms with Gasteiger partial charge in [0.25, 0.3) is 0 Å². The molecular weight excluding hydrogens is 258 g/mol. The molecule has 112 valence electrons. The van der Waals surface area contributed by atoms with Crippen molar-refractivity contribution in [3.8, 4) is 0 Å². The van der Waals surface area contributed by atoms with Crippen LogP contribution in [-0.4, -0.2) is 41.8 Å². The van der Waals surface area contributed by atoms with E-state index in [-0.39, 0.29) is 36.2 Å². The van der Waals surface area contributed by atoms with Crippen LogP contribution in [0.3, 0.4) is 0 Å². The molecular formula is C14H23N3O3. The van der Waals surface area contributed by atoms with Crippen molar-refractivity contribution in [3.05, 3.63) is 12.7 Å². The van der Waals surface area contributed by atoms with Crippen LogP contribution in [0.25, 0.3) is 0 Å². The van der Waals surface area contributed by atoms with Crippen molar-refractivity contribution in [2.75, 3.05) is 13.1 Å². The Kier molecular flexibility index (Phi) is 6.21. The van der Waals surface area contributed by atoms with E-state index in [2.05, 4.69) is 11.9 Å². The first-order valence-corrected chi connectivity index (χ1v) is 6.98. The third-order valence-corrected chi connectivity index (χ3v) is 3.64. The van der Waals surface area contributed by atoms with Gasteiger partial charge in [-0.1, -0.05) is 13.0 Å². The first-order chi connectivity index (χ1) is 9.47. The van der Waals surface area contributed by atoms with E-state index in [0.717, 1.165) is 19.3 Å². The summed E-state index contributed by atoms with van der Waals surface area (Å²) in [5.41, 5.74) is 5.30. The minimum absolute atomic E-state index is 0.0130. The standard InChI is InChI=1S/C14H23N3O3/c1-3-13(19)17(4-2)9-12(18)16-11-7-5-6-10(8-11)14(15)20/h3,10-11H,1,4-9H2,2H3,(H2,15,20)(H,16,18)/t10-,11+/m0/s1. The first-order valence-electron chi connectivity index (χ1n) is 6.98. The number of primary amides is 1. The molecule has 0 aromatic carbocycles. The Hall–Kier alpha value is -1.85. The highest BCUT2D eigenvalue weighted by Gasteiger charge is 2.27. The fraction of sp³-hybridized carbons (Fsp3) is 0.643. The van der Waals surface area contributed by atoms with E-state index in [1.165, 1.54) is 11.0 Å². The molecule has 0 aromatic heterocycles. The number of rotatable bonds is 6. The van der Waals surface area contributed by atoms with E-state index in [1.54, 1.807) is 6.92 Å². The predicted octanol–water partition coefficient (Wildman–Crippen LogP) is 0.181. The van der Waals surface area contributed by atoms with E-state index >= 15 is 0 Å². The zero-order valence-corrected chi connectivity index (χ0v) is 11.9. The molecule has 3 N–H and O–H groups in total. The fourth-order valence-electron chi connectivity index (χ4n) is 2.50. The Morgan fingerprint density at radius 1 is 1.40 bits per heavy atom. The van der Waals surface area contributed by atoms with Gasteiger partial charge in [0.2, 0.25) is 17.7 Å². The Morgan fingerprint density at radius 2 is 2.10 bits per heavy atom. The summed E-state index contributed by atoms with van der Waals surface area (Å²) in [6.45, 7) is 5.68. The molecule has 2 atom stereocenters. The number of carbonyl (C=O) groups is 3. The molecule has 1 rings (SSSR count). The molecule has 0 radical (unpaired) electrons. The number of nitrogens with one attached hydrogen (secondary N) is 1. The van der Waals surface area contributed by atoms with Crippen molar-refractivity contribution in [2.45, 2.75) is 38.6 Å². The second kappa shape index (κ2) is 7.67. The maximum atomic E-state index is 11.9. The molecule has 0 saturated heterocycles. The number of hydrogen-bond donors (Lipinski definition) is 2. The van der Waals surface area contributed by atoms with Gasteiger partial charge < -0.3 is 16.0 Å². The van der Waals surface area contributed by atoms with Gasteiger partial charge in [0.05, 0.1) is 6.54 Å². The smallest absolute Gasteiger partial charge is 0.246 e. The van der Waals surface area contributed by atoms with Gasteiger partial charge in [-0.25, -0.2) is 0 Å². The highest BCUT2D eigenvalue weighted by atomic mass is 16.2. The molecule has 1 aliphatic carbocycles. The van der Waals surface area contributed by atoms with Crippen molar-refractivity contribution < 1.29 is 14.4 Å². The van der Waals surface area contributed by atoms with Crippen molar-refractivity contribution >= 4 is 17.7 Å². The third-order valence-electron chi connectivity index (χ3n) is 3.64. The van der Waals surface area contributed by atoms with Crippen LogP contribution < -0.4 is 11.1 Å². The van der Waals surface area contributed by atoms with Crippen molar-refractivity contribution in [3.63, 3.8) is 0 Å². The Bertz CT molecular complexity index is 395. The Balaban J connectivity index is 2.47. The molecule has 20 heavy (non-hydrogen) atoms. The van der Waals surface area contributed by atoms with Gasteiger partial charge in [0.15, 0.2) is 0 Å². The summed E-state index contributed by atoms with van der Waals surface area (Å²) in [5, 5.41) is 2.87. The predicted molar refractivity (Wildman–Crippen MR) is 75.5 cm³/mol. The van der Waals surface area contributed by atoms with Gasteiger partial charge in [-0.15, -0.1) is 0 Å². The highest BCUT2D eigenvalue weighted by Crippen LogP contribution is 2.23. The van der Waals surface area contributed by atoms with Gasteiger partial charge in [-0.3, -0.25) is 14.4 Å². The van der Waals surface area contributed by atoms with E-state index < -0.39 is 0 Å². The molecule has 6 heteroatoms. The molecule has 1 saturated carbocycles. The van der Waals surface area contributed by atoms with Gasteiger partial charge in [0.1, 0.15) is 0 Å². The first kappa shape index (κ1) is 16.2. The molecule has 0 aliphatic heterocycles. The minimum atomic E-state index is -0.305. The van der Waals surface area contributed by atoms with Crippen LogP contribution >= 0.6 is 0 Å². The van der Waals surface area contributed by atoms with Gasteiger partial charge >= 0.3 is 0 Å². The molecule has 0 heterocycles. The van der Waals surface area contributed by atoms with Gasteiger partial charge in [0, 0.05) is 18.5 Å². The van der Waals surface area contributed by atoms with E-state index in [9.17, 15) is 14.4 Å². The molecule has 1 aliphatic rings. The monoisotopic (exact) mass is 281 g/mol. The topological polar surface area (TPSA) is 92.5 Å². The number of amides is 3. The summed E-state index contributed by atoms with van der Waals surface area (Å²) in [5.74, 6) is -0.939. The quantitative estimate of drug-likeness (QED) is 0.680. The second-order valence-electron chi connectivity index (χ2n) is 5.09. The molecule has 1 fully saturated rings. The maximum absolute atomic E-state index is 11.9. The molecule has 0 bridgehead atoms. The van der Waals surface area contributed by atoms with Crippen LogP contribution in [0.15, 0.2) is 12.7 Å². The SMILES string of the molecule is C=CC(=O)N(CC)CC(=O)N[C@@H]1CCC[C@H](C(N)=O)C1. The number of nitrogens with two attached hydrogens (primary N) is 1. The summed E-state index contributed by atoms with van der Waals surface area (Å²) in [7, 11) is 0. The largest absolute Gasteiger partial charge is 0.369 e. The molecule has 0 spiro atoms. The summed E-state index contributed by atoms with van der Waals surface area (Å²) >= 11 is 0. The summed E-state index contributed by atoms with van der Waals surface area (Å²) in [6, 6.07) is -0.0358. The Morgan fingerprint density at radius 3 is 2.65 bits per heavy atom. The highest BCUT2D eigenvalue weighted by molar-refractivity contribution is 5.90. The number of carbonyl (C=O) groups excluding carboxylic acids is 3. The van der Waals surface area contributed by atoms with Crippen LogP contribution in [0.4, 0.5) is 0 Å². The van der Waals surface area contributed by atoms with Gasteiger partial charge in [-0.2, -0.15) is 0 Å². The van der Waals surface area contributed by atoms with Crippen LogP contribution in [-0.2, 0) is 14.4 Å². The van der Waals surface area contributed by atoms with E-state index in [4.69, 9.17) is 5.73 Å². The molecule has 3 amide bonds. The zero-order chi connectivity index (χ0) is 15.1. The summed E-state index contributed by atoms with van der Waals surface area (Å²) in [4.78, 5) is 36.0. The van der Waals surface area contributed by atoms with E-state index in [0.29, 0.717) is 13.0 Å². The van der Waals surface area contributed by atoms with Crippen molar-refractivity contribution in [1.29, 1.82) is 0 Å². The fourth-order valence-corrected chi connectivity index (χ4v) is 2.50.